The van der Waals surface area contributed by atoms with Crippen molar-refractivity contribution >= 4 is 11.6 Å². The van der Waals surface area contributed by atoms with E-state index >= 15 is 0 Å². The maximum atomic E-state index is 12.9. The number of rotatable bonds is 5. The van der Waals surface area contributed by atoms with Crippen molar-refractivity contribution in [2.24, 2.45) is 0 Å². The van der Waals surface area contributed by atoms with Gasteiger partial charge in [0.15, 0.2) is 0 Å². The molecule has 1 unspecified atom stereocenters. The summed E-state index contributed by atoms with van der Waals surface area (Å²) in [6.07, 6.45) is 0. The Morgan fingerprint density at radius 3 is 2.50 bits per heavy atom. The Hall–Kier alpha value is -2.80. The third-order valence-corrected chi connectivity index (χ3v) is 3.59. The molecule has 0 aliphatic rings. The highest BCUT2D eigenvalue weighted by Gasteiger charge is 2.24. The van der Waals surface area contributed by atoms with Crippen LogP contribution in [0.4, 0.5) is 10.1 Å². The quantitative estimate of drug-likeness (QED) is 0.650. The highest BCUT2D eigenvalue weighted by molar-refractivity contribution is 5.95. The number of aliphatic hydroxyl groups is 1. The van der Waals surface area contributed by atoms with Crippen molar-refractivity contribution in [3.63, 3.8) is 0 Å². The number of halogens is 1. The van der Waals surface area contributed by atoms with Gasteiger partial charge in [-0.15, -0.1) is 0 Å². The number of hydrogen-bond acceptors (Lipinski definition) is 4. The molecule has 1 atom stereocenters. The number of amides is 1. The molecule has 126 valence electrons. The lowest BCUT2D eigenvalue weighted by molar-refractivity contribution is -0.384. The van der Waals surface area contributed by atoms with Crippen molar-refractivity contribution in [3.05, 3.63) is 75.1 Å². The second kappa shape index (κ2) is 6.76. The zero-order chi connectivity index (χ0) is 17.9. The number of nitrogens with zero attached hydrogens (tertiary/aromatic N) is 1. The Morgan fingerprint density at radius 1 is 1.29 bits per heavy atom. The second-order valence-corrected chi connectivity index (χ2v) is 5.78. The van der Waals surface area contributed by atoms with E-state index in [1.807, 2.05) is 0 Å². The summed E-state index contributed by atoms with van der Waals surface area (Å²) in [5.41, 5.74) is -0.417. The first-order chi connectivity index (χ1) is 11.2. The van der Waals surface area contributed by atoms with E-state index in [0.717, 1.165) is 0 Å². The molecule has 0 spiro atoms. The van der Waals surface area contributed by atoms with Gasteiger partial charge in [-0.25, -0.2) is 4.39 Å². The SMILES string of the molecule is Cc1cc(C(=O)NCC(C)(O)c2ccc(F)cc2)cc([N+](=O)[O-])c1. The van der Waals surface area contributed by atoms with E-state index in [2.05, 4.69) is 5.32 Å². The number of carbonyl (C=O) groups excluding carboxylic acids is 1. The summed E-state index contributed by atoms with van der Waals surface area (Å²) >= 11 is 0. The molecular formula is C17H17FN2O4. The number of nitro benzene ring substituents is 1. The van der Waals surface area contributed by atoms with Crippen molar-refractivity contribution < 1.29 is 19.2 Å². The fraction of sp³-hybridized carbons (Fsp3) is 0.235. The summed E-state index contributed by atoms with van der Waals surface area (Å²) in [5, 5.41) is 23.8. The van der Waals surface area contributed by atoms with Gasteiger partial charge in [-0.2, -0.15) is 0 Å². The third kappa shape index (κ3) is 4.14. The molecule has 24 heavy (non-hydrogen) atoms. The first-order valence-corrected chi connectivity index (χ1v) is 7.22. The van der Waals surface area contributed by atoms with Gasteiger partial charge in [0, 0.05) is 17.7 Å². The Morgan fingerprint density at radius 2 is 1.92 bits per heavy atom. The lowest BCUT2D eigenvalue weighted by Gasteiger charge is -2.24. The minimum Gasteiger partial charge on any atom is -0.384 e. The minimum absolute atomic E-state index is 0.126. The van der Waals surface area contributed by atoms with Crippen molar-refractivity contribution in [1.29, 1.82) is 0 Å². The summed E-state index contributed by atoms with van der Waals surface area (Å²) in [6.45, 7) is 3.01. The average molecular weight is 332 g/mol. The molecule has 2 N–H and O–H groups in total. The summed E-state index contributed by atoms with van der Waals surface area (Å²) in [4.78, 5) is 22.5. The average Bonchev–Trinajstić information content (AvgIpc) is 2.52. The van der Waals surface area contributed by atoms with Gasteiger partial charge in [0.05, 0.1) is 11.5 Å². The van der Waals surface area contributed by atoms with E-state index < -0.39 is 22.2 Å². The van der Waals surface area contributed by atoms with Gasteiger partial charge >= 0.3 is 0 Å². The molecule has 2 rings (SSSR count). The topological polar surface area (TPSA) is 92.5 Å². The standard InChI is InChI=1S/C17H17FN2O4/c1-11-7-12(9-15(8-11)20(23)24)16(21)19-10-17(2,22)13-3-5-14(18)6-4-13/h3-9,22H,10H2,1-2H3,(H,19,21). The molecule has 0 fully saturated rings. The summed E-state index contributed by atoms with van der Waals surface area (Å²) < 4.78 is 12.9. The molecule has 0 bridgehead atoms. The zero-order valence-corrected chi connectivity index (χ0v) is 13.2. The summed E-state index contributed by atoms with van der Waals surface area (Å²) in [5.74, 6) is -0.963. The van der Waals surface area contributed by atoms with Crippen LogP contribution < -0.4 is 5.32 Å². The smallest absolute Gasteiger partial charge is 0.270 e. The van der Waals surface area contributed by atoms with Gasteiger partial charge in [0.1, 0.15) is 11.4 Å². The molecule has 0 aromatic heterocycles. The minimum atomic E-state index is -1.40. The molecule has 0 radical (unpaired) electrons. The Kier molecular flexibility index (Phi) is 4.94. The lowest BCUT2D eigenvalue weighted by Crippen LogP contribution is -2.38. The Balaban J connectivity index is 2.12. The molecule has 0 heterocycles. The number of carbonyl (C=O) groups is 1. The largest absolute Gasteiger partial charge is 0.384 e. The summed E-state index contributed by atoms with van der Waals surface area (Å²) in [7, 11) is 0. The van der Waals surface area contributed by atoms with E-state index in [9.17, 15) is 24.4 Å². The predicted octanol–water partition coefficient (Wildman–Crippen LogP) is 2.68. The molecule has 7 heteroatoms. The van der Waals surface area contributed by atoms with Gasteiger partial charge in [-0.05, 0) is 43.2 Å². The first-order valence-electron chi connectivity index (χ1n) is 7.22. The van der Waals surface area contributed by atoms with Gasteiger partial charge in [-0.3, -0.25) is 14.9 Å². The fourth-order valence-electron chi connectivity index (χ4n) is 2.26. The maximum absolute atomic E-state index is 12.9. The number of benzene rings is 2. The molecule has 0 aliphatic carbocycles. The van der Waals surface area contributed by atoms with E-state index in [1.165, 1.54) is 49.4 Å². The predicted molar refractivity (Wildman–Crippen MR) is 86.1 cm³/mol. The van der Waals surface area contributed by atoms with Crippen LogP contribution in [-0.2, 0) is 5.60 Å². The van der Waals surface area contributed by atoms with Gasteiger partial charge in [0.25, 0.3) is 11.6 Å². The lowest BCUT2D eigenvalue weighted by atomic mass is 9.96. The van der Waals surface area contributed by atoms with Crippen LogP contribution in [-0.4, -0.2) is 22.5 Å². The van der Waals surface area contributed by atoms with E-state index in [-0.39, 0.29) is 17.8 Å². The molecule has 2 aromatic carbocycles. The van der Waals surface area contributed by atoms with E-state index in [0.29, 0.717) is 11.1 Å². The fourth-order valence-corrected chi connectivity index (χ4v) is 2.26. The Bertz CT molecular complexity index is 773. The monoisotopic (exact) mass is 332 g/mol. The van der Waals surface area contributed by atoms with Crippen LogP contribution in [0, 0.1) is 22.9 Å². The van der Waals surface area contributed by atoms with Crippen LogP contribution in [0.25, 0.3) is 0 Å². The third-order valence-electron chi connectivity index (χ3n) is 3.59. The number of aryl methyl sites for hydroxylation is 1. The van der Waals surface area contributed by atoms with Crippen molar-refractivity contribution in [1.82, 2.24) is 5.32 Å². The molecular weight excluding hydrogens is 315 g/mol. The van der Waals surface area contributed by atoms with E-state index in [1.54, 1.807) is 6.92 Å². The van der Waals surface area contributed by atoms with E-state index in [4.69, 9.17) is 0 Å². The zero-order valence-electron chi connectivity index (χ0n) is 13.2. The van der Waals surface area contributed by atoms with Crippen LogP contribution in [0.5, 0.6) is 0 Å². The van der Waals surface area contributed by atoms with Gasteiger partial charge in [-0.1, -0.05) is 12.1 Å². The second-order valence-electron chi connectivity index (χ2n) is 5.78. The van der Waals surface area contributed by atoms with Crippen LogP contribution in [0.2, 0.25) is 0 Å². The van der Waals surface area contributed by atoms with Crippen molar-refractivity contribution in [2.75, 3.05) is 6.54 Å². The normalized spacial score (nSPS) is 13.2. The molecule has 0 saturated carbocycles. The highest BCUT2D eigenvalue weighted by Crippen LogP contribution is 2.21. The molecule has 0 saturated heterocycles. The first kappa shape index (κ1) is 17.6. The van der Waals surface area contributed by atoms with Crippen molar-refractivity contribution in [2.45, 2.75) is 19.4 Å². The van der Waals surface area contributed by atoms with Gasteiger partial charge in [0.2, 0.25) is 0 Å². The summed E-state index contributed by atoms with van der Waals surface area (Å²) in [6, 6.07) is 9.36. The number of nitrogens with one attached hydrogen (secondary N) is 1. The highest BCUT2D eigenvalue weighted by atomic mass is 19.1. The Labute approximate surface area is 138 Å². The number of nitro groups is 1. The molecule has 0 aliphatic heterocycles. The number of non-ortho nitro benzene ring substituents is 1. The molecule has 2 aromatic rings. The molecule has 1 amide bonds. The van der Waals surface area contributed by atoms with Crippen molar-refractivity contribution in [3.8, 4) is 0 Å². The maximum Gasteiger partial charge on any atom is 0.270 e. The molecule has 6 nitrogen and oxygen atoms in total. The van der Waals surface area contributed by atoms with Crippen LogP contribution in [0.3, 0.4) is 0 Å². The van der Waals surface area contributed by atoms with Gasteiger partial charge < -0.3 is 10.4 Å². The van der Waals surface area contributed by atoms with Crippen LogP contribution in [0.1, 0.15) is 28.4 Å². The van der Waals surface area contributed by atoms with Crippen LogP contribution >= 0.6 is 0 Å². The van der Waals surface area contributed by atoms with Crippen LogP contribution in [0.15, 0.2) is 42.5 Å². The number of hydrogen-bond donors (Lipinski definition) is 2.